The molecular formula is C16H14Cl2N2O2. The maximum absolute atomic E-state index is 12.3. The number of rotatable bonds is 3. The molecule has 0 unspecified atom stereocenters. The van der Waals surface area contributed by atoms with E-state index in [9.17, 15) is 9.59 Å². The van der Waals surface area contributed by atoms with Gasteiger partial charge in [-0.15, -0.1) is 0 Å². The molecular weight excluding hydrogens is 323 g/mol. The highest BCUT2D eigenvalue weighted by molar-refractivity contribution is 6.47. The quantitative estimate of drug-likeness (QED) is 0.861. The van der Waals surface area contributed by atoms with E-state index in [0.717, 1.165) is 0 Å². The summed E-state index contributed by atoms with van der Waals surface area (Å²) in [6, 6.07) is 13.8. The molecule has 0 saturated heterocycles. The number of anilines is 2. The number of amides is 2. The second-order valence-corrected chi connectivity index (χ2v) is 5.25. The first kappa shape index (κ1) is 16.3. The van der Waals surface area contributed by atoms with Gasteiger partial charge in [-0.2, -0.15) is 0 Å². The van der Waals surface area contributed by atoms with Gasteiger partial charge >= 0.3 is 11.8 Å². The standard InChI is InChI=1S/C16H14Cl2N2O2/c1-2-20(11-7-4-3-5-8-11)16(22)15(21)19-14-12(17)9-6-10-13(14)18/h3-10H,2H2,1H3,(H,19,21). The van der Waals surface area contributed by atoms with Crippen LogP contribution in [0.3, 0.4) is 0 Å². The maximum Gasteiger partial charge on any atom is 0.316 e. The Morgan fingerprint density at radius 2 is 1.59 bits per heavy atom. The lowest BCUT2D eigenvalue weighted by Gasteiger charge is -2.20. The summed E-state index contributed by atoms with van der Waals surface area (Å²) in [5.41, 5.74) is 0.878. The van der Waals surface area contributed by atoms with Gasteiger partial charge in [0.05, 0.1) is 15.7 Å². The molecule has 1 N–H and O–H groups in total. The monoisotopic (exact) mass is 336 g/mol. The molecule has 4 nitrogen and oxygen atoms in total. The van der Waals surface area contributed by atoms with Crippen molar-refractivity contribution >= 4 is 46.4 Å². The fourth-order valence-electron chi connectivity index (χ4n) is 1.96. The Hall–Kier alpha value is -2.04. The zero-order valence-electron chi connectivity index (χ0n) is 11.8. The molecule has 22 heavy (non-hydrogen) atoms. The third-order valence-electron chi connectivity index (χ3n) is 3.02. The number of hydrogen-bond acceptors (Lipinski definition) is 2. The van der Waals surface area contributed by atoms with Gasteiger partial charge in [0.25, 0.3) is 0 Å². The first-order chi connectivity index (χ1) is 10.5. The predicted molar refractivity (Wildman–Crippen MR) is 89.6 cm³/mol. The number of nitrogens with zero attached hydrogens (tertiary/aromatic N) is 1. The van der Waals surface area contributed by atoms with Gasteiger partial charge in [0.15, 0.2) is 0 Å². The van der Waals surface area contributed by atoms with E-state index >= 15 is 0 Å². The van der Waals surface area contributed by atoms with E-state index in [1.165, 1.54) is 4.90 Å². The van der Waals surface area contributed by atoms with Crippen molar-refractivity contribution in [3.05, 3.63) is 58.6 Å². The van der Waals surface area contributed by atoms with Crippen molar-refractivity contribution in [2.75, 3.05) is 16.8 Å². The smallest absolute Gasteiger partial charge is 0.315 e. The highest BCUT2D eigenvalue weighted by Gasteiger charge is 2.23. The highest BCUT2D eigenvalue weighted by Crippen LogP contribution is 2.29. The Kier molecular flexibility index (Phi) is 5.41. The number of hydrogen-bond donors (Lipinski definition) is 1. The molecule has 2 aromatic rings. The molecule has 0 saturated carbocycles. The summed E-state index contributed by atoms with van der Waals surface area (Å²) in [5.74, 6) is -1.47. The topological polar surface area (TPSA) is 49.4 Å². The van der Waals surface area contributed by atoms with Gasteiger partial charge in [0.1, 0.15) is 0 Å². The molecule has 6 heteroatoms. The summed E-state index contributed by atoms with van der Waals surface area (Å²) in [6.45, 7) is 2.16. The van der Waals surface area contributed by atoms with E-state index in [1.54, 1.807) is 49.4 Å². The Bertz CT molecular complexity index is 670. The van der Waals surface area contributed by atoms with Crippen molar-refractivity contribution in [1.29, 1.82) is 0 Å². The van der Waals surface area contributed by atoms with Crippen LogP contribution in [0.1, 0.15) is 6.92 Å². The van der Waals surface area contributed by atoms with E-state index < -0.39 is 11.8 Å². The number of likely N-dealkylation sites (N-methyl/N-ethyl adjacent to an activating group) is 1. The second-order valence-electron chi connectivity index (χ2n) is 4.44. The number of nitrogens with one attached hydrogen (secondary N) is 1. The Morgan fingerprint density at radius 1 is 1.00 bits per heavy atom. The lowest BCUT2D eigenvalue weighted by atomic mass is 10.2. The largest absolute Gasteiger partial charge is 0.316 e. The maximum atomic E-state index is 12.3. The number of halogens is 2. The summed E-state index contributed by atoms with van der Waals surface area (Å²) >= 11 is 12.0. The summed E-state index contributed by atoms with van der Waals surface area (Å²) in [7, 11) is 0. The third-order valence-corrected chi connectivity index (χ3v) is 3.65. The number of para-hydroxylation sites is 2. The van der Waals surface area contributed by atoms with Crippen molar-refractivity contribution in [2.24, 2.45) is 0 Å². The number of benzene rings is 2. The molecule has 0 heterocycles. The Labute approximate surface area is 138 Å². The van der Waals surface area contributed by atoms with E-state index in [-0.39, 0.29) is 15.7 Å². The first-order valence-corrected chi connectivity index (χ1v) is 7.42. The molecule has 0 aliphatic carbocycles. The van der Waals surface area contributed by atoms with Crippen molar-refractivity contribution in [2.45, 2.75) is 6.92 Å². The SMILES string of the molecule is CCN(C(=O)C(=O)Nc1c(Cl)cccc1Cl)c1ccccc1. The molecule has 2 rings (SSSR count). The molecule has 114 valence electrons. The van der Waals surface area contributed by atoms with Gasteiger partial charge in [-0.3, -0.25) is 9.59 Å². The minimum Gasteiger partial charge on any atom is -0.315 e. The number of carbonyl (C=O) groups is 2. The summed E-state index contributed by atoms with van der Waals surface area (Å²) in [5, 5.41) is 3.02. The summed E-state index contributed by atoms with van der Waals surface area (Å²) in [4.78, 5) is 25.9. The Morgan fingerprint density at radius 3 is 2.14 bits per heavy atom. The van der Waals surface area contributed by atoms with Crippen LogP contribution in [-0.2, 0) is 9.59 Å². The van der Waals surface area contributed by atoms with Crippen LogP contribution < -0.4 is 10.2 Å². The van der Waals surface area contributed by atoms with E-state index in [0.29, 0.717) is 12.2 Å². The molecule has 0 spiro atoms. The van der Waals surface area contributed by atoms with Crippen LogP contribution in [0.25, 0.3) is 0 Å². The molecule has 0 aliphatic rings. The van der Waals surface area contributed by atoms with Gasteiger partial charge in [-0.05, 0) is 31.2 Å². The molecule has 0 fully saturated rings. The van der Waals surface area contributed by atoms with Crippen LogP contribution in [0, 0.1) is 0 Å². The molecule has 0 atom stereocenters. The first-order valence-electron chi connectivity index (χ1n) is 6.66. The van der Waals surface area contributed by atoms with E-state index in [2.05, 4.69) is 5.32 Å². The van der Waals surface area contributed by atoms with Gasteiger partial charge in [0.2, 0.25) is 0 Å². The molecule has 0 radical (unpaired) electrons. The minimum atomic E-state index is -0.791. The van der Waals surface area contributed by atoms with Crippen LogP contribution in [-0.4, -0.2) is 18.4 Å². The van der Waals surface area contributed by atoms with Crippen LogP contribution in [0.15, 0.2) is 48.5 Å². The minimum absolute atomic E-state index is 0.230. The van der Waals surface area contributed by atoms with Gasteiger partial charge in [0, 0.05) is 12.2 Å². The fourth-order valence-corrected chi connectivity index (χ4v) is 2.45. The van der Waals surface area contributed by atoms with Crippen LogP contribution in [0.4, 0.5) is 11.4 Å². The van der Waals surface area contributed by atoms with Crippen LogP contribution in [0.2, 0.25) is 10.0 Å². The van der Waals surface area contributed by atoms with Crippen molar-refractivity contribution in [3.8, 4) is 0 Å². The molecule has 0 aromatic heterocycles. The van der Waals surface area contributed by atoms with Gasteiger partial charge < -0.3 is 10.2 Å². The van der Waals surface area contributed by atoms with Crippen LogP contribution in [0.5, 0.6) is 0 Å². The van der Waals surface area contributed by atoms with E-state index in [4.69, 9.17) is 23.2 Å². The molecule has 2 amide bonds. The lowest BCUT2D eigenvalue weighted by Crippen LogP contribution is -2.39. The average Bonchev–Trinajstić information content (AvgIpc) is 2.52. The van der Waals surface area contributed by atoms with Crippen molar-refractivity contribution in [1.82, 2.24) is 0 Å². The second kappa shape index (κ2) is 7.29. The third kappa shape index (κ3) is 3.59. The Balaban J connectivity index is 2.20. The zero-order valence-corrected chi connectivity index (χ0v) is 13.4. The van der Waals surface area contributed by atoms with Crippen molar-refractivity contribution < 1.29 is 9.59 Å². The molecule has 2 aromatic carbocycles. The predicted octanol–water partition coefficient (Wildman–Crippen LogP) is 3.99. The zero-order chi connectivity index (χ0) is 16.1. The van der Waals surface area contributed by atoms with E-state index in [1.807, 2.05) is 6.07 Å². The summed E-state index contributed by atoms with van der Waals surface area (Å²) < 4.78 is 0. The normalized spacial score (nSPS) is 10.1. The average molecular weight is 337 g/mol. The lowest BCUT2D eigenvalue weighted by molar-refractivity contribution is -0.134. The molecule has 0 aliphatic heterocycles. The van der Waals surface area contributed by atoms with Crippen molar-refractivity contribution in [3.63, 3.8) is 0 Å². The van der Waals surface area contributed by atoms with Gasteiger partial charge in [-0.25, -0.2) is 0 Å². The fraction of sp³-hybridized carbons (Fsp3) is 0.125. The molecule has 0 bridgehead atoms. The number of carbonyl (C=O) groups excluding carboxylic acids is 2. The van der Waals surface area contributed by atoms with Crippen LogP contribution >= 0.6 is 23.2 Å². The van der Waals surface area contributed by atoms with Gasteiger partial charge in [-0.1, -0.05) is 47.5 Å². The highest BCUT2D eigenvalue weighted by atomic mass is 35.5. The summed E-state index contributed by atoms with van der Waals surface area (Å²) in [6.07, 6.45) is 0.